The zero-order valence-electron chi connectivity index (χ0n) is 14.1. The van der Waals surface area contributed by atoms with Gasteiger partial charge in [-0.15, -0.1) is 0 Å². The lowest BCUT2D eigenvalue weighted by molar-refractivity contribution is -0.128. The Balaban J connectivity index is 1.56. The Hall–Kier alpha value is -1.22. The predicted molar refractivity (Wildman–Crippen MR) is 92.8 cm³/mol. The molecule has 5 atom stereocenters. The van der Waals surface area contributed by atoms with Crippen molar-refractivity contribution in [2.75, 3.05) is 0 Å². The third-order valence-corrected chi connectivity index (χ3v) is 5.88. The second kappa shape index (κ2) is 6.72. The molecule has 5 unspecified atom stereocenters. The molecule has 23 heavy (non-hydrogen) atoms. The predicted octanol–water partition coefficient (Wildman–Crippen LogP) is 4.36. The van der Waals surface area contributed by atoms with E-state index in [1.807, 2.05) is 19.1 Å². The molecule has 2 bridgehead atoms. The highest BCUT2D eigenvalue weighted by atomic mass is 35.5. The van der Waals surface area contributed by atoms with Crippen LogP contribution in [0.3, 0.4) is 0 Å². The molecule has 0 spiro atoms. The largest absolute Gasteiger partial charge is 0.479 e. The summed E-state index contributed by atoms with van der Waals surface area (Å²) in [5, 5.41) is 3.69. The van der Waals surface area contributed by atoms with Gasteiger partial charge in [0.25, 0.3) is 5.91 Å². The van der Waals surface area contributed by atoms with Gasteiger partial charge in [-0.25, -0.2) is 0 Å². The summed E-state index contributed by atoms with van der Waals surface area (Å²) in [4.78, 5) is 12.4. The molecule has 126 valence electrons. The fourth-order valence-electron chi connectivity index (χ4n) is 4.30. The molecule has 2 aliphatic carbocycles. The minimum atomic E-state index is -0.546. The molecule has 0 aliphatic heterocycles. The first-order chi connectivity index (χ1) is 10.9. The van der Waals surface area contributed by atoms with E-state index in [9.17, 15) is 4.79 Å². The molecule has 2 fully saturated rings. The van der Waals surface area contributed by atoms with Crippen LogP contribution < -0.4 is 10.1 Å². The first-order valence-electron chi connectivity index (χ1n) is 8.67. The van der Waals surface area contributed by atoms with Crippen molar-refractivity contribution in [2.24, 2.45) is 17.8 Å². The highest BCUT2D eigenvalue weighted by Crippen LogP contribution is 2.49. The van der Waals surface area contributed by atoms with Gasteiger partial charge in [-0.3, -0.25) is 4.79 Å². The fraction of sp³-hybridized carbons (Fsp3) is 0.632. The highest BCUT2D eigenvalue weighted by molar-refractivity contribution is 6.32. The van der Waals surface area contributed by atoms with Crippen LogP contribution in [0.1, 0.15) is 45.1 Å². The Kier molecular flexibility index (Phi) is 4.86. The van der Waals surface area contributed by atoms with Gasteiger partial charge in [-0.05, 0) is 75.5 Å². The molecule has 2 saturated carbocycles. The number of carbonyl (C=O) groups excluding carboxylic acids is 1. The van der Waals surface area contributed by atoms with Gasteiger partial charge in [0.05, 0.1) is 5.02 Å². The van der Waals surface area contributed by atoms with Crippen LogP contribution >= 0.6 is 11.6 Å². The van der Waals surface area contributed by atoms with E-state index in [-0.39, 0.29) is 11.9 Å². The van der Waals surface area contributed by atoms with Crippen LogP contribution in [0.15, 0.2) is 18.2 Å². The minimum absolute atomic E-state index is 0.0575. The van der Waals surface area contributed by atoms with Gasteiger partial charge in [0, 0.05) is 6.04 Å². The Morgan fingerprint density at radius 1 is 1.30 bits per heavy atom. The number of hydrogen-bond donors (Lipinski definition) is 1. The highest BCUT2D eigenvalue weighted by Gasteiger charge is 2.42. The van der Waals surface area contributed by atoms with Crippen LogP contribution in [0.2, 0.25) is 5.02 Å². The molecule has 0 radical (unpaired) electrons. The molecule has 0 aromatic heterocycles. The topological polar surface area (TPSA) is 38.3 Å². The summed E-state index contributed by atoms with van der Waals surface area (Å²) in [7, 11) is 0. The normalized spacial score (nSPS) is 28.4. The van der Waals surface area contributed by atoms with Crippen LogP contribution in [0.5, 0.6) is 5.75 Å². The number of benzene rings is 1. The van der Waals surface area contributed by atoms with Gasteiger partial charge in [0.1, 0.15) is 5.75 Å². The number of fused-ring (bicyclic) bond motifs is 2. The summed E-state index contributed by atoms with van der Waals surface area (Å²) < 4.78 is 5.77. The number of nitrogens with one attached hydrogen (secondary N) is 1. The maximum absolute atomic E-state index is 12.4. The molecular weight excluding hydrogens is 310 g/mol. The fourth-order valence-corrected chi connectivity index (χ4v) is 4.46. The lowest BCUT2D eigenvalue weighted by Crippen LogP contribution is -2.45. The maximum Gasteiger partial charge on any atom is 0.260 e. The summed E-state index contributed by atoms with van der Waals surface area (Å²) in [6, 6.07) is 5.81. The van der Waals surface area contributed by atoms with Crippen molar-refractivity contribution < 1.29 is 9.53 Å². The Labute approximate surface area is 143 Å². The van der Waals surface area contributed by atoms with Crippen LogP contribution in [0, 0.1) is 24.7 Å². The third kappa shape index (κ3) is 3.65. The number of ether oxygens (including phenoxy) is 1. The van der Waals surface area contributed by atoms with Gasteiger partial charge < -0.3 is 10.1 Å². The standard InChI is InChI=1S/C19H26ClNO2/c1-11-4-7-17(20)18(8-11)23-13(3)19(22)21-12(2)16-10-14-5-6-15(16)9-14/h4,7-8,12-16H,5-6,9-10H2,1-3H3,(H,21,22). The third-order valence-electron chi connectivity index (χ3n) is 5.56. The molecule has 1 aromatic rings. The average molecular weight is 336 g/mol. The Morgan fingerprint density at radius 2 is 2.09 bits per heavy atom. The first-order valence-corrected chi connectivity index (χ1v) is 9.05. The van der Waals surface area contributed by atoms with Crippen LogP contribution in [-0.4, -0.2) is 18.1 Å². The number of rotatable bonds is 5. The smallest absolute Gasteiger partial charge is 0.260 e. The number of halogens is 1. The maximum atomic E-state index is 12.4. The Morgan fingerprint density at radius 3 is 2.74 bits per heavy atom. The zero-order chi connectivity index (χ0) is 16.6. The van der Waals surface area contributed by atoms with Crippen molar-refractivity contribution in [1.82, 2.24) is 5.32 Å². The van der Waals surface area contributed by atoms with Crippen molar-refractivity contribution in [3.8, 4) is 5.75 Å². The van der Waals surface area contributed by atoms with Crippen molar-refractivity contribution in [3.63, 3.8) is 0 Å². The van der Waals surface area contributed by atoms with E-state index >= 15 is 0 Å². The number of carbonyl (C=O) groups is 1. The van der Waals surface area contributed by atoms with Gasteiger partial charge in [0.2, 0.25) is 0 Å². The van der Waals surface area contributed by atoms with Crippen LogP contribution in [0.4, 0.5) is 0 Å². The van der Waals surface area contributed by atoms with Crippen molar-refractivity contribution in [2.45, 2.75) is 58.6 Å². The minimum Gasteiger partial charge on any atom is -0.479 e. The Bertz CT molecular complexity index is 589. The molecule has 0 heterocycles. The molecule has 1 amide bonds. The van der Waals surface area contributed by atoms with E-state index in [1.165, 1.54) is 25.7 Å². The first kappa shape index (κ1) is 16.6. The summed E-state index contributed by atoms with van der Waals surface area (Å²) in [6.45, 7) is 5.89. The van der Waals surface area contributed by atoms with E-state index < -0.39 is 6.10 Å². The molecule has 4 heteroatoms. The molecule has 3 rings (SSSR count). The summed E-state index contributed by atoms with van der Waals surface area (Å²) in [5.74, 6) is 2.84. The van der Waals surface area contributed by atoms with E-state index in [0.29, 0.717) is 16.7 Å². The van der Waals surface area contributed by atoms with Gasteiger partial charge in [-0.1, -0.05) is 24.1 Å². The van der Waals surface area contributed by atoms with E-state index in [1.54, 1.807) is 13.0 Å². The van der Waals surface area contributed by atoms with Gasteiger partial charge >= 0.3 is 0 Å². The summed E-state index contributed by atoms with van der Waals surface area (Å²) >= 11 is 6.14. The van der Waals surface area contributed by atoms with Gasteiger partial charge in [0.15, 0.2) is 6.10 Å². The lowest BCUT2D eigenvalue weighted by atomic mass is 9.84. The SMILES string of the molecule is Cc1ccc(Cl)c(OC(C)C(=O)NC(C)C2CC3CCC2C3)c1. The number of amides is 1. The van der Waals surface area contributed by atoms with Gasteiger partial charge in [-0.2, -0.15) is 0 Å². The van der Waals surface area contributed by atoms with Crippen LogP contribution in [0.25, 0.3) is 0 Å². The van der Waals surface area contributed by atoms with E-state index in [0.717, 1.165) is 17.4 Å². The second-order valence-corrected chi connectivity index (χ2v) is 7.74. The quantitative estimate of drug-likeness (QED) is 0.868. The monoisotopic (exact) mass is 335 g/mol. The molecule has 1 aromatic carbocycles. The zero-order valence-corrected chi connectivity index (χ0v) is 14.9. The van der Waals surface area contributed by atoms with Crippen LogP contribution in [-0.2, 0) is 4.79 Å². The van der Waals surface area contributed by atoms with Crippen molar-refractivity contribution in [1.29, 1.82) is 0 Å². The summed E-state index contributed by atoms with van der Waals surface area (Å²) in [5.41, 5.74) is 1.06. The molecule has 3 nitrogen and oxygen atoms in total. The van der Waals surface area contributed by atoms with Crippen molar-refractivity contribution >= 4 is 17.5 Å². The number of hydrogen-bond acceptors (Lipinski definition) is 2. The van der Waals surface area contributed by atoms with E-state index in [2.05, 4.69) is 12.2 Å². The summed E-state index contributed by atoms with van der Waals surface area (Å²) in [6.07, 6.45) is 4.80. The second-order valence-electron chi connectivity index (χ2n) is 7.33. The molecule has 0 saturated heterocycles. The van der Waals surface area contributed by atoms with E-state index in [4.69, 9.17) is 16.3 Å². The molecular formula is C19H26ClNO2. The lowest BCUT2D eigenvalue weighted by Gasteiger charge is -2.29. The average Bonchev–Trinajstić information content (AvgIpc) is 3.13. The molecule has 1 N–H and O–H groups in total. The number of aryl methyl sites for hydroxylation is 1. The molecule has 2 aliphatic rings. The van der Waals surface area contributed by atoms with Crippen molar-refractivity contribution in [3.05, 3.63) is 28.8 Å².